The third kappa shape index (κ3) is 5.30. The second kappa shape index (κ2) is 10.2. The summed E-state index contributed by atoms with van der Waals surface area (Å²) in [6, 6.07) is 7.53. The topological polar surface area (TPSA) is 94.6 Å². The maximum absolute atomic E-state index is 13.0. The molecule has 3 heterocycles. The highest BCUT2D eigenvalue weighted by Crippen LogP contribution is 2.25. The van der Waals surface area contributed by atoms with Gasteiger partial charge in [-0.05, 0) is 54.0 Å². The fourth-order valence-corrected chi connectivity index (χ4v) is 4.70. The zero-order chi connectivity index (χ0) is 23.4. The quantitative estimate of drug-likeness (QED) is 0.650. The van der Waals surface area contributed by atoms with Crippen LogP contribution in [0.3, 0.4) is 0 Å². The van der Waals surface area contributed by atoms with E-state index in [9.17, 15) is 14.4 Å². The van der Waals surface area contributed by atoms with E-state index < -0.39 is 0 Å². The summed E-state index contributed by atoms with van der Waals surface area (Å²) in [5, 5.41) is 5.77. The van der Waals surface area contributed by atoms with Crippen molar-refractivity contribution in [1.82, 2.24) is 20.5 Å². The van der Waals surface area contributed by atoms with Gasteiger partial charge in [0.15, 0.2) is 0 Å². The highest BCUT2D eigenvalue weighted by atomic mass is 32.2. The summed E-state index contributed by atoms with van der Waals surface area (Å²) in [7, 11) is 0. The molecule has 9 heteroatoms. The maximum Gasteiger partial charge on any atom is 0.321 e. The molecular weight excluding hydrogens is 438 g/mol. The van der Waals surface area contributed by atoms with Crippen LogP contribution >= 0.6 is 11.8 Å². The zero-order valence-corrected chi connectivity index (χ0v) is 19.8. The second-order valence-electron chi connectivity index (χ2n) is 8.33. The number of benzene rings is 1. The molecule has 33 heavy (non-hydrogen) atoms. The Morgan fingerprint density at radius 2 is 2.00 bits per heavy atom. The molecule has 1 fully saturated rings. The summed E-state index contributed by atoms with van der Waals surface area (Å²) in [5.41, 5.74) is 5.99. The van der Waals surface area contributed by atoms with Crippen molar-refractivity contribution in [2.75, 3.05) is 36.5 Å². The van der Waals surface area contributed by atoms with Crippen LogP contribution in [-0.4, -0.2) is 59.4 Å². The Balaban J connectivity index is 1.39. The third-order valence-electron chi connectivity index (χ3n) is 6.15. The number of urea groups is 1. The molecule has 0 atom stereocenters. The molecule has 0 bridgehead atoms. The number of aryl methyl sites for hydroxylation is 1. The summed E-state index contributed by atoms with van der Waals surface area (Å²) in [4.78, 5) is 44.8. The van der Waals surface area contributed by atoms with Gasteiger partial charge in [0.25, 0.3) is 0 Å². The Labute approximate surface area is 198 Å². The number of aromatic nitrogens is 1. The van der Waals surface area contributed by atoms with Crippen LogP contribution in [0.15, 0.2) is 30.5 Å². The first kappa shape index (κ1) is 23.1. The molecule has 4 rings (SSSR count). The van der Waals surface area contributed by atoms with Gasteiger partial charge in [0.2, 0.25) is 11.8 Å². The van der Waals surface area contributed by atoms with Gasteiger partial charge in [-0.1, -0.05) is 12.1 Å². The van der Waals surface area contributed by atoms with Gasteiger partial charge in [-0.25, -0.2) is 4.79 Å². The molecule has 2 aliphatic heterocycles. The lowest BCUT2D eigenvalue weighted by molar-refractivity contribution is -0.131. The molecule has 0 radical (unpaired) electrons. The van der Waals surface area contributed by atoms with Crippen molar-refractivity contribution in [3.8, 4) is 0 Å². The predicted molar refractivity (Wildman–Crippen MR) is 129 cm³/mol. The lowest BCUT2D eigenvalue weighted by atomic mass is 9.94. The van der Waals surface area contributed by atoms with E-state index in [1.165, 1.54) is 17.3 Å². The van der Waals surface area contributed by atoms with E-state index in [1.807, 2.05) is 48.5 Å². The number of fused-ring (bicyclic) bond motifs is 1. The summed E-state index contributed by atoms with van der Waals surface area (Å²) in [5.74, 6) is 0.530. The smallest absolute Gasteiger partial charge is 0.321 e. The molecule has 174 valence electrons. The molecule has 8 nitrogen and oxygen atoms in total. The molecule has 0 unspecified atom stereocenters. The minimum atomic E-state index is -0.0853. The molecule has 0 saturated carbocycles. The standard InChI is InChI=1S/C24H29N5O3S/c1-16-21(13-27-22(30)15-33-2)20-7-9-28(14-18(20)12-26-16)23(31)11-17-3-5-19(6-4-17)29-10-8-25-24(29)32/h3-6,12H,7-11,13-15H2,1-2H3,(H,25,32)(H,27,30). The number of nitrogens with one attached hydrogen (secondary N) is 2. The van der Waals surface area contributed by atoms with Gasteiger partial charge in [0.1, 0.15) is 0 Å². The first-order valence-corrected chi connectivity index (χ1v) is 12.5. The van der Waals surface area contributed by atoms with Gasteiger partial charge in [0.05, 0.1) is 12.2 Å². The van der Waals surface area contributed by atoms with Crippen molar-refractivity contribution in [2.24, 2.45) is 0 Å². The highest BCUT2D eigenvalue weighted by molar-refractivity contribution is 7.99. The van der Waals surface area contributed by atoms with Crippen LogP contribution < -0.4 is 15.5 Å². The number of hydrogen-bond acceptors (Lipinski definition) is 5. The molecule has 2 aromatic rings. The molecular formula is C24H29N5O3S. The molecule has 0 spiro atoms. The fourth-order valence-electron chi connectivity index (χ4n) is 4.34. The number of thioether (sulfide) groups is 1. The van der Waals surface area contributed by atoms with Crippen LogP contribution in [0.2, 0.25) is 0 Å². The number of carbonyl (C=O) groups is 3. The van der Waals surface area contributed by atoms with Gasteiger partial charge in [-0.15, -0.1) is 0 Å². The minimum Gasteiger partial charge on any atom is -0.351 e. The lowest BCUT2D eigenvalue weighted by Gasteiger charge is -2.30. The van der Waals surface area contributed by atoms with Crippen molar-refractivity contribution in [1.29, 1.82) is 0 Å². The second-order valence-corrected chi connectivity index (χ2v) is 9.19. The highest BCUT2D eigenvalue weighted by Gasteiger charge is 2.25. The van der Waals surface area contributed by atoms with Crippen molar-refractivity contribution in [3.63, 3.8) is 0 Å². The molecule has 1 saturated heterocycles. The maximum atomic E-state index is 13.0. The van der Waals surface area contributed by atoms with Crippen LogP contribution in [0, 0.1) is 6.92 Å². The number of hydrogen-bond donors (Lipinski definition) is 2. The minimum absolute atomic E-state index is 0.0171. The third-order valence-corrected chi connectivity index (χ3v) is 6.70. The van der Waals surface area contributed by atoms with Crippen LogP contribution in [0.4, 0.5) is 10.5 Å². The lowest BCUT2D eigenvalue weighted by Crippen LogP contribution is -2.38. The number of pyridine rings is 1. The van der Waals surface area contributed by atoms with E-state index in [0.717, 1.165) is 34.5 Å². The SMILES string of the molecule is CSCC(=O)NCc1c(C)ncc2c1CCN(C(=O)Cc1ccc(N3CCNC3=O)cc1)C2. The molecule has 1 aromatic carbocycles. The summed E-state index contributed by atoms with van der Waals surface area (Å²) < 4.78 is 0. The monoisotopic (exact) mass is 467 g/mol. The average molecular weight is 468 g/mol. The number of rotatable bonds is 7. The van der Waals surface area contributed by atoms with Gasteiger partial charge < -0.3 is 15.5 Å². The Hall–Kier alpha value is -3.07. The molecule has 2 aliphatic rings. The van der Waals surface area contributed by atoms with Crippen LogP contribution in [0.5, 0.6) is 0 Å². The van der Waals surface area contributed by atoms with Gasteiger partial charge in [0, 0.05) is 50.3 Å². The zero-order valence-electron chi connectivity index (χ0n) is 19.0. The Morgan fingerprint density at radius 1 is 1.21 bits per heavy atom. The first-order chi connectivity index (χ1) is 16.0. The largest absolute Gasteiger partial charge is 0.351 e. The fraction of sp³-hybridized carbons (Fsp3) is 0.417. The molecule has 4 amide bonds. The van der Waals surface area contributed by atoms with E-state index in [2.05, 4.69) is 15.6 Å². The number of amides is 4. The molecule has 2 N–H and O–H groups in total. The number of nitrogens with zero attached hydrogens (tertiary/aromatic N) is 3. The summed E-state index contributed by atoms with van der Waals surface area (Å²) >= 11 is 1.50. The Bertz CT molecular complexity index is 1060. The van der Waals surface area contributed by atoms with Gasteiger partial charge in [-0.2, -0.15) is 11.8 Å². The Kier molecular flexibility index (Phi) is 7.17. The van der Waals surface area contributed by atoms with Crippen molar-refractivity contribution < 1.29 is 14.4 Å². The number of anilines is 1. The van der Waals surface area contributed by atoms with E-state index in [4.69, 9.17) is 0 Å². The average Bonchev–Trinajstić information content (AvgIpc) is 3.24. The number of carbonyl (C=O) groups excluding carboxylic acids is 3. The Morgan fingerprint density at radius 3 is 2.70 bits per heavy atom. The van der Waals surface area contributed by atoms with Gasteiger partial charge in [-0.3, -0.25) is 19.5 Å². The van der Waals surface area contributed by atoms with Crippen molar-refractivity contribution in [3.05, 3.63) is 58.4 Å². The summed E-state index contributed by atoms with van der Waals surface area (Å²) in [6.45, 7) is 4.91. The van der Waals surface area contributed by atoms with E-state index in [-0.39, 0.29) is 17.8 Å². The van der Waals surface area contributed by atoms with E-state index in [1.54, 1.807) is 4.90 Å². The van der Waals surface area contributed by atoms with Crippen LogP contribution in [0.1, 0.15) is 27.9 Å². The van der Waals surface area contributed by atoms with Gasteiger partial charge >= 0.3 is 6.03 Å². The summed E-state index contributed by atoms with van der Waals surface area (Å²) in [6.07, 6.45) is 4.83. The molecule has 0 aliphatic carbocycles. The predicted octanol–water partition coefficient (Wildman–Crippen LogP) is 2.03. The van der Waals surface area contributed by atoms with Crippen molar-refractivity contribution in [2.45, 2.75) is 32.9 Å². The van der Waals surface area contributed by atoms with E-state index in [0.29, 0.717) is 44.9 Å². The first-order valence-electron chi connectivity index (χ1n) is 11.1. The van der Waals surface area contributed by atoms with E-state index >= 15 is 0 Å². The molecule has 1 aromatic heterocycles. The normalized spacial score (nSPS) is 15.3. The van der Waals surface area contributed by atoms with Crippen LogP contribution in [0.25, 0.3) is 0 Å². The van der Waals surface area contributed by atoms with Crippen molar-refractivity contribution >= 4 is 35.3 Å². The van der Waals surface area contributed by atoms with Crippen LogP contribution in [-0.2, 0) is 35.5 Å².